The minimum atomic E-state index is 0.417. The largest absolute Gasteiger partial charge is 0.490 e. The Hall–Kier alpha value is -1.79. The lowest BCUT2D eigenvalue weighted by molar-refractivity contribution is 0.277. The van der Waals surface area contributed by atoms with E-state index in [-0.39, 0.29) is 0 Å². The molecule has 0 amide bonds. The van der Waals surface area contributed by atoms with Gasteiger partial charge in [0.2, 0.25) is 0 Å². The van der Waals surface area contributed by atoms with Gasteiger partial charge in [0.05, 0.1) is 24.5 Å². The van der Waals surface area contributed by atoms with Gasteiger partial charge in [-0.05, 0) is 43.3 Å². The van der Waals surface area contributed by atoms with Gasteiger partial charge in [-0.15, -0.1) is 6.58 Å². The summed E-state index contributed by atoms with van der Waals surface area (Å²) < 4.78 is 11.2. The zero-order valence-electron chi connectivity index (χ0n) is 13.4. The van der Waals surface area contributed by atoms with Crippen molar-refractivity contribution in [1.29, 1.82) is 0 Å². The number of thiocarbonyl (C=S) groups is 1. The molecule has 0 bridgehead atoms. The molecular formula is C16H22ClN3O2S. The summed E-state index contributed by atoms with van der Waals surface area (Å²) in [7, 11) is 0. The third-order valence-corrected chi connectivity index (χ3v) is 3.09. The zero-order chi connectivity index (χ0) is 17.1. The Kier molecular flexibility index (Phi) is 9.09. The Bertz CT molecular complexity index is 565. The fourth-order valence-corrected chi connectivity index (χ4v) is 2.05. The van der Waals surface area contributed by atoms with Gasteiger partial charge in [0.15, 0.2) is 16.6 Å². The van der Waals surface area contributed by atoms with Crippen LogP contribution in [0, 0.1) is 0 Å². The van der Waals surface area contributed by atoms with Crippen LogP contribution >= 0.6 is 23.8 Å². The van der Waals surface area contributed by atoms with E-state index in [0.29, 0.717) is 41.4 Å². The van der Waals surface area contributed by atoms with Crippen LogP contribution < -0.4 is 20.2 Å². The molecule has 23 heavy (non-hydrogen) atoms. The fourth-order valence-electron chi connectivity index (χ4n) is 1.64. The van der Waals surface area contributed by atoms with E-state index in [1.165, 1.54) is 0 Å². The molecule has 0 aromatic heterocycles. The fraction of sp³-hybridized carbons (Fsp3) is 0.375. The summed E-state index contributed by atoms with van der Waals surface area (Å²) in [4.78, 5) is 0. The average molecular weight is 356 g/mol. The normalized spacial score (nSPS) is 10.4. The number of hydrogen-bond donors (Lipinski definition) is 2. The Labute approximate surface area is 147 Å². The first-order valence-corrected chi connectivity index (χ1v) is 8.17. The Morgan fingerprint density at radius 1 is 1.39 bits per heavy atom. The quantitative estimate of drug-likeness (QED) is 0.307. The van der Waals surface area contributed by atoms with E-state index in [4.69, 9.17) is 33.3 Å². The maximum atomic E-state index is 6.28. The molecule has 0 radical (unpaired) electrons. The summed E-state index contributed by atoms with van der Waals surface area (Å²) in [5.41, 5.74) is 3.49. The van der Waals surface area contributed by atoms with E-state index in [1.54, 1.807) is 18.4 Å². The zero-order valence-corrected chi connectivity index (χ0v) is 15.0. The number of halogens is 1. The third kappa shape index (κ3) is 6.88. The Morgan fingerprint density at radius 3 is 2.83 bits per heavy atom. The number of benzene rings is 1. The molecule has 1 aromatic carbocycles. The van der Waals surface area contributed by atoms with Crippen molar-refractivity contribution in [2.45, 2.75) is 20.3 Å². The molecule has 0 spiro atoms. The van der Waals surface area contributed by atoms with Gasteiger partial charge in [0.1, 0.15) is 0 Å². The molecule has 0 saturated heterocycles. The monoisotopic (exact) mass is 355 g/mol. The van der Waals surface area contributed by atoms with Crippen molar-refractivity contribution in [1.82, 2.24) is 10.7 Å². The van der Waals surface area contributed by atoms with Crippen LogP contribution in [0.4, 0.5) is 0 Å². The van der Waals surface area contributed by atoms with Crippen LogP contribution in [-0.4, -0.2) is 31.1 Å². The highest BCUT2D eigenvalue weighted by Gasteiger charge is 2.11. The summed E-state index contributed by atoms with van der Waals surface area (Å²) in [6.07, 6.45) is 4.21. The highest BCUT2D eigenvalue weighted by molar-refractivity contribution is 7.80. The standard InChI is InChI=1S/C16H22ClN3O2S/c1-4-7-18-16(23)20-19-11-12-9-13(17)15(22-8-5-2)14(10-12)21-6-3/h4,9-11H,1,5-8H2,2-3H3,(H2,18,20,23)/b19-11-. The highest BCUT2D eigenvalue weighted by atomic mass is 35.5. The molecule has 5 nitrogen and oxygen atoms in total. The van der Waals surface area contributed by atoms with Crippen LogP contribution in [0.2, 0.25) is 5.02 Å². The van der Waals surface area contributed by atoms with Gasteiger partial charge < -0.3 is 14.8 Å². The Balaban J connectivity index is 2.83. The van der Waals surface area contributed by atoms with Crippen molar-refractivity contribution in [3.05, 3.63) is 35.4 Å². The first-order chi connectivity index (χ1) is 11.1. The van der Waals surface area contributed by atoms with Crippen LogP contribution in [0.5, 0.6) is 11.5 Å². The molecule has 0 aliphatic rings. The van der Waals surface area contributed by atoms with Crippen molar-refractivity contribution < 1.29 is 9.47 Å². The Morgan fingerprint density at radius 2 is 2.17 bits per heavy atom. The second-order valence-corrected chi connectivity index (χ2v) is 5.30. The van der Waals surface area contributed by atoms with E-state index in [2.05, 4.69) is 22.4 Å². The van der Waals surface area contributed by atoms with E-state index in [0.717, 1.165) is 12.0 Å². The van der Waals surface area contributed by atoms with Gasteiger partial charge in [0.25, 0.3) is 0 Å². The number of ether oxygens (including phenoxy) is 2. The number of rotatable bonds is 9. The predicted octanol–water partition coefficient (Wildman–Crippen LogP) is 3.51. The van der Waals surface area contributed by atoms with Crippen LogP contribution in [0.25, 0.3) is 0 Å². The van der Waals surface area contributed by atoms with E-state index in [1.807, 2.05) is 19.9 Å². The molecule has 0 aliphatic heterocycles. The summed E-state index contributed by atoms with van der Waals surface area (Å²) in [6, 6.07) is 3.59. The molecule has 0 heterocycles. The van der Waals surface area contributed by atoms with Crippen molar-refractivity contribution in [2.24, 2.45) is 5.10 Å². The summed E-state index contributed by atoms with van der Waals surface area (Å²) in [6.45, 7) is 9.21. The van der Waals surface area contributed by atoms with Crippen molar-refractivity contribution in [3.63, 3.8) is 0 Å². The highest BCUT2D eigenvalue weighted by Crippen LogP contribution is 2.36. The minimum absolute atomic E-state index is 0.417. The molecule has 2 N–H and O–H groups in total. The molecule has 0 aliphatic carbocycles. The molecule has 0 atom stereocenters. The lowest BCUT2D eigenvalue weighted by atomic mass is 10.2. The smallest absolute Gasteiger partial charge is 0.187 e. The molecular weight excluding hydrogens is 334 g/mol. The van der Waals surface area contributed by atoms with Gasteiger partial charge in [-0.2, -0.15) is 5.10 Å². The molecule has 126 valence electrons. The van der Waals surface area contributed by atoms with Crippen LogP contribution in [0.3, 0.4) is 0 Å². The number of nitrogens with zero attached hydrogens (tertiary/aromatic N) is 1. The van der Waals surface area contributed by atoms with Crippen LogP contribution in [0.1, 0.15) is 25.8 Å². The summed E-state index contributed by atoms with van der Waals surface area (Å²) in [5, 5.41) is 7.87. The molecule has 0 unspecified atom stereocenters. The second-order valence-electron chi connectivity index (χ2n) is 4.48. The average Bonchev–Trinajstić information content (AvgIpc) is 2.52. The molecule has 7 heteroatoms. The van der Waals surface area contributed by atoms with Crippen LogP contribution in [-0.2, 0) is 0 Å². The van der Waals surface area contributed by atoms with Gasteiger partial charge >= 0.3 is 0 Å². The molecule has 1 rings (SSSR count). The molecule has 0 fully saturated rings. The van der Waals surface area contributed by atoms with E-state index in [9.17, 15) is 0 Å². The van der Waals surface area contributed by atoms with Crippen LogP contribution in [0.15, 0.2) is 29.9 Å². The first-order valence-electron chi connectivity index (χ1n) is 7.39. The van der Waals surface area contributed by atoms with Crippen molar-refractivity contribution in [3.8, 4) is 11.5 Å². The van der Waals surface area contributed by atoms with Gasteiger partial charge in [-0.3, -0.25) is 5.43 Å². The maximum absolute atomic E-state index is 6.28. The maximum Gasteiger partial charge on any atom is 0.187 e. The molecule has 0 saturated carbocycles. The topological polar surface area (TPSA) is 54.9 Å². The summed E-state index contributed by atoms with van der Waals surface area (Å²) in [5.74, 6) is 1.16. The second kappa shape index (κ2) is 10.9. The number of nitrogens with one attached hydrogen (secondary N) is 2. The van der Waals surface area contributed by atoms with Crippen molar-refractivity contribution >= 4 is 35.1 Å². The number of hydrogen-bond acceptors (Lipinski definition) is 4. The van der Waals surface area contributed by atoms with E-state index >= 15 is 0 Å². The lowest BCUT2D eigenvalue weighted by Gasteiger charge is -2.13. The first kappa shape index (κ1) is 19.3. The van der Waals surface area contributed by atoms with Crippen molar-refractivity contribution in [2.75, 3.05) is 19.8 Å². The third-order valence-electron chi connectivity index (χ3n) is 2.57. The number of hydrazone groups is 1. The minimum Gasteiger partial charge on any atom is -0.490 e. The SMILES string of the molecule is C=CCNC(=S)N/N=C\c1cc(Cl)c(OCCC)c(OCC)c1. The molecule has 1 aromatic rings. The lowest BCUT2D eigenvalue weighted by Crippen LogP contribution is -2.31. The predicted molar refractivity (Wildman–Crippen MR) is 99.9 cm³/mol. The van der Waals surface area contributed by atoms with Gasteiger partial charge in [-0.25, -0.2) is 0 Å². The van der Waals surface area contributed by atoms with E-state index < -0.39 is 0 Å². The van der Waals surface area contributed by atoms with Gasteiger partial charge in [0, 0.05) is 6.54 Å². The van der Waals surface area contributed by atoms with Gasteiger partial charge in [-0.1, -0.05) is 24.6 Å². The summed E-state index contributed by atoms with van der Waals surface area (Å²) >= 11 is 11.3.